The van der Waals surface area contributed by atoms with Crippen LogP contribution in [0.4, 0.5) is 5.95 Å². The van der Waals surface area contributed by atoms with Gasteiger partial charge in [0.15, 0.2) is 0 Å². The molecule has 0 amide bonds. The average molecular weight is 463 g/mol. The fourth-order valence-corrected chi connectivity index (χ4v) is 4.70. The van der Waals surface area contributed by atoms with E-state index in [1.807, 2.05) is 18.3 Å². The van der Waals surface area contributed by atoms with Crippen molar-refractivity contribution in [3.63, 3.8) is 0 Å². The van der Waals surface area contributed by atoms with Gasteiger partial charge < -0.3 is 10.3 Å². The lowest BCUT2D eigenvalue weighted by Gasteiger charge is -2.32. The van der Waals surface area contributed by atoms with Crippen LogP contribution in [0.5, 0.6) is 0 Å². The van der Waals surface area contributed by atoms with E-state index in [0.29, 0.717) is 5.92 Å². The minimum absolute atomic E-state index is 0.276. The number of benzene rings is 1. The summed E-state index contributed by atoms with van der Waals surface area (Å²) in [5.74, 6) is 1.56. The Morgan fingerprint density at radius 2 is 1.87 bits per heavy atom. The SMILES string of the molecule is Nc1nccc(-n2cc(C3CCN(Cc4ccccc4)CC3)c3cnc(Br)cc32)n1. The van der Waals surface area contributed by atoms with E-state index in [4.69, 9.17) is 5.73 Å². The van der Waals surface area contributed by atoms with Crippen molar-refractivity contribution in [3.05, 3.63) is 76.8 Å². The molecule has 2 N–H and O–H groups in total. The van der Waals surface area contributed by atoms with Crippen LogP contribution in [0.3, 0.4) is 0 Å². The molecule has 0 spiro atoms. The molecule has 1 aliphatic rings. The fraction of sp³-hybridized carbons (Fsp3) is 0.261. The standard InChI is InChI=1S/C23H23BrN6/c24-21-12-20-18(13-27-21)19(15-30(20)22-6-9-26-23(25)28-22)17-7-10-29(11-8-17)14-16-4-2-1-3-5-16/h1-6,9,12-13,15,17H,7-8,10-11,14H2,(H2,25,26,28). The lowest BCUT2D eigenvalue weighted by Crippen LogP contribution is -2.32. The van der Waals surface area contributed by atoms with E-state index in [1.54, 1.807) is 6.20 Å². The predicted molar refractivity (Wildman–Crippen MR) is 122 cm³/mol. The van der Waals surface area contributed by atoms with Crippen molar-refractivity contribution in [2.75, 3.05) is 18.8 Å². The Morgan fingerprint density at radius 1 is 1.07 bits per heavy atom. The molecule has 0 aliphatic carbocycles. The van der Waals surface area contributed by atoms with Crippen molar-refractivity contribution in [3.8, 4) is 5.82 Å². The van der Waals surface area contributed by atoms with Crippen molar-refractivity contribution < 1.29 is 0 Å². The van der Waals surface area contributed by atoms with Gasteiger partial charge in [-0.05, 0) is 71.0 Å². The van der Waals surface area contributed by atoms with Gasteiger partial charge in [-0.25, -0.2) is 9.97 Å². The van der Waals surface area contributed by atoms with Crippen LogP contribution in [-0.2, 0) is 6.54 Å². The molecule has 1 aliphatic heterocycles. The van der Waals surface area contributed by atoms with Crippen LogP contribution in [0.15, 0.2) is 65.7 Å². The van der Waals surface area contributed by atoms with Gasteiger partial charge in [-0.2, -0.15) is 4.98 Å². The highest BCUT2D eigenvalue weighted by Gasteiger charge is 2.24. The first-order valence-electron chi connectivity index (χ1n) is 10.2. The maximum Gasteiger partial charge on any atom is 0.221 e. The highest BCUT2D eigenvalue weighted by molar-refractivity contribution is 9.10. The number of nitrogen functional groups attached to an aromatic ring is 1. The summed E-state index contributed by atoms with van der Waals surface area (Å²) in [5.41, 5.74) is 9.63. The van der Waals surface area contributed by atoms with Gasteiger partial charge in [0.25, 0.3) is 0 Å². The third-order valence-electron chi connectivity index (χ3n) is 5.87. The Labute approximate surface area is 183 Å². The normalized spacial score (nSPS) is 15.6. The minimum atomic E-state index is 0.276. The van der Waals surface area contributed by atoms with Crippen molar-refractivity contribution in [1.29, 1.82) is 0 Å². The van der Waals surface area contributed by atoms with E-state index in [0.717, 1.165) is 48.4 Å². The molecular weight excluding hydrogens is 440 g/mol. The quantitative estimate of drug-likeness (QED) is 0.450. The summed E-state index contributed by atoms with van der Waals surface area (Å²) in [6.07, 6.45) is 8.13. The summed E-state index contributed by atoms with van der Waals surface area (Å²) < 4.78 is 2.91. The molecule has 0 atom stereocenters. The van der Waals surface area contributed by atoms with Crippen molar-refractivity contribution in [1.82, 2.24) is 24.4 Å². The highest BCUT2D eigenvalue weighted by Crippen LogP contribution is 2.36. The van der Waals surface area contributed by atoms with Gasteiger partial charge >= 0.3 is 0 Å². The monoisotopic (exact) mass is 462 g/mol. The number of hydrogen-bond donors (Lipinski definition) is 1. The Hall–Kier alpha value is -2.77. The van der Waals surface area contributed by atoms with Gasteiger partial charge in [0.05, 0.1) is 5.52 Å². The molecule has 4 heterocycles. The number of anilines is 1. The summed E-state index contributed by atoms with van der Waals surface area (Å²) in [4.78, 5) is 15.5. The average Bonchev–Trinajstić information content (AvgIpc) is 3.14. The van der Waals surface area contributed by atoms with E-state index in [9.17, 15) is 0 Å². The molecule has 1 saturated heterocycles. The Balaban J connectivity index is 1.42. The Kier molecular flexibility index (Phi) is 5.23. The van der Waals surface area contributed by atoms with E-state index in [-0.39, 0.29) is 5.95 Å². The maximum absolute atomic E-state index is 5.84. The van der Waals surface area contributed by atoms with Crippen LogP contribution in [0.2, 0.25) is 0 Å². The van der Waals surface area contributed by atoms with E-state index in [1.165, 1.54) is 16.5 Å². The molecule has 0 bridgehead atoms. The Bertz CT molecular complexity index is 1170. The third-order valence-corrected chi connectivity index (χ3v) is 6.30. The highest BCUT2D eigenvalue weighted by atomic mass is 79.9. The minimum Gasteiger partial charge on any atom is -0.368 e. The van der Waals surface area contributed by atoms with Gasteiger partial charge in [0, 0.05) is 30.5 Å². The lowest BCUT2D eigenvalue weighted by atomic mass is 9.89. The number of nitrogens with two attached hydrogens (primary N) is 1. The van der Waals surface area contributed by atoms with Crippen LogP contribution < -0.4 is 5.73 Å². The van der Waals surface area contributed by atoms with Crippen molar-refractivity contribution in [2.45, 2.75) is 25.3 Å². The first-order valence-corrected chi connectivity index (χ1v) is 11.0. The fourth-order valence-electron chi connectivity index (χ4n) is 4.38. The molecule has 0 unspecified atom stereocenters. The van der Waals surface area contributed by atoms with Gasteiger partial charge in [-0.1, -0.05) is 30.3 Å². The molecule has 4 aromatic rings. The van der Waals surface area contributed by atoms with Gasteiger partial charge in [0.2, 0.25) is 5.95 Å². The molecule has 0 radical (unpaired) electrons. The van der Waals surface area contributed by atoms with Crippen LogP contribution in [-0.4, -0.2) is 37.5 Å². The first-order chi connectivity index (χ1) is 14.7. The summed E-state index contributed by atoms with van der Waals surface area (Å²) in [6, 6.07) is 14.6. The van der Waals surface area contributed by atoms with Gasteiger partial charge in [-0.15, -0.1) is 0 Å². The molecule has 1 aromatic carbocycles. The number of rotatable bonds is 4. The second-order valence-corrected chi connectivity index (χ2v) is 8.60. The number of hydrogen-bond acceptors (Lipinski definition) is 5. The number of fused-ring (bicyclic) bond motifs is 1. The zero-order valence-electron chi connectivity index (χ0n) is 16.6. The summed E-state index contributed by atoms with van der Waals surface area (Å²) in [6.45, 7) is 3.21. The number of likely N-dealkylation sites (tertiary alicyclic amines) is 1. The summed E-state index contributed by atoms with van der Waals surface area (Å²) in [7, 11) is 0. The van der Waals surface area contributed by atoms with Gasteiger partial charge in [0.1, 0.15) is 10.4 Å². The van der Waals surface area contributed by atoms with E-state index >= 15 is 0 Å². The summed E-state index contributed by atoms with van der Waals surface area (Å²) >= 11 is 3.51. The maximum atomic E-state index is 5.84. The van der Waals surface area contributed by atoms with Crippen LogP contribution >= 0.6 is 15.9 Å². The molecule has 6 nitrogen and oxygen atoms in total. The van der Waals surface area contributed by atoms with Crippen LogP contribution in [0, 0.1) is 0 Å². The zero-order valence-corrected chi connectivity index (χ0v) is 18.2. The van der Waals surface area contributed by atoms with E-state index in [2.05, 4.69) is 76.9 Å². The van der Waals surface area contributed by atoms with Gasteiger partial charge in [-0.3, -0.25) is 4.90 Å². The molecule has 5 rings (SSSR count). The smallest absolute Gasteiger partial charge is 0.221 e. The topological polar surface area (TPSA) is 72.9 Å². The molecule has 1 fully saturated rings. The number of aromatic nitrogens is 4. The third kappa shape index (κ3) is 3.82. The Morgan fingerprint density at radius 3 is 2.63 bits per heavy atom. The second-order valence-electron chi connectivity index (χ2n) is 7.79. The molecule has 0 saturated carbocycles. The van der Waals surface area contributed by atoms with Crippen molar-refractivity contribution in [2.24, 2.45) is 0 Å². The molecule has 7 heteroatoms. The van der Waals surface area contributed by atoms with Crippen LogP contribution in [0.25, 0.3) is 16.7 Å². The molecule has 30 heavy (non-hydrogen) atoms. The predicted octanol–water partition coefficient (Wildman–Crippen LogP) is 4.54. The molecular formula is C23H23BrN6. The molecule has 152 valence electrons. The zero-order chi connectivity index (χ0) is 20.5. The lowest BCUT2D eigenvalue weighted by molar-refractivity contribution is 0.205. The second kappa shape index (κ2) is 8.16. The largest absolute Gasteiger partial charge is 0.368 e. The number of piperidine rings is 1. The van der Waals surface area contributed by atoms with Crippen LogP contribution in [0.1, 0.15) is 29.9 Å². The number of nitrogens with zero attached hydrogens (tertiary/aromatic N) is 5. The van der Waals surface area contributed by atoms with E-state index < -0.39 is 0 Å². The molecule has 3 aromatic heterocycles. The number of halogens is 1. The first kappa shape index (κ1) is 19.2. The van der Waals surface area contributed by atoms with Crippen molar-refractivity contribution >= 4 is 32.8 Å². The number of pyridine rings is 1. The summed E-state index contributed by atoms with van der Waals surface area (Å²) in [5, 5.41) is 1.18.